The maximum Gasteiger partial charge on any atom is 0.293 e. The second-order valence-electron chi connectivity index (χ2n) is 6.28. The number of hydrogen-bond acceptors (Lipinski definition) is 7. The van der Waals surface area contributed by atoms with Gasteiger partial charge in [0.1, 0.15) is 11.5 Å². The molecule has 2 heterocycles. The first-order valence-electron chi connectivity index (χ1n) is 9.27. The Morgan fingerprint density at radius 1 is 1.13 bits per heavy atom. The molecule has 30 heavy (non-hydrogen) atoms. The molecule has 4 aromatic rings. The van der Waals surface area contributed by atoms with Crippen molar-refractivity contribution in [3.05, 3.63) is 53.6 Å². The zero-order chi connectivity index (χ0) is 21.1. The van der Waals surface area contributed by atoms with E-state index in [1.807, 2.05) is 48.7 Å². The van der Waals surface area contributed by atoms with Crippen LogP contribution < -0.4 is 19.5 Å². The van der Waals surface area contributed by atoms with Crippen LogP contribution in [-0.4, -0.2) is 31.7 Å². The van der Waals surface area contributed by atoms with Gasteiger partial charge in [0, 0.05) is 16.3 Å². The Hall–Kier alpha value is -3.52. The maximum absolute atomic E-state index is 12.7. The zero-order valence-electron chi connectivity index (χ0n) is 16.7. The average molecular weight is 424 g/mol. The third-order valence-corrected chi connectivity index (χ3v) is 5.20. The molecule has 0 saturated carbocycles. The summed E-state index contributed by atoms with van der Waals surface area (Å²) in [5.74, 6) is 1.77. The standard InChI is InChI=1S/C22H20N2O5S/c1-4-28-18-7-5-6-13-10-19(29-20(13)18)21(25)24-22-23-16(12-30-22)15-11-14(26-2)8-9-17(15)27-3/h5-12H,4H2,1-3H3,(H,23,24,25). The van der Waals surface area contributed by atoms with Gasteiger partial charge in [0.05, 0.1) is 26.5 Å². The van der Waals surface area contributed by atoms with Gasteiger partial charge in [0.25, 0.3) is 5.91 Å². The molecule has 0 spiro atoms. The molecule has 0 aliphatic rings. The van der Waals surface area contributed by atoms with E-state index in [1.54, 1.807) is 20.3 Å². The molecule has 7 nitrogen and oxygen atoms in total. The number of amides is 1. The maximum atomic E-state index is 12.7. The Kier molecular flexibility index (Phi) is 5.58. The van der Waals surface area contributed by atoms with Crippen molar-refractivity contribution in [2.75, 3.05) is 26.1 Å². The molecule has 1 N–H and O–H groups in total. The predicted octanol–water partition coefficient (Wildman–Crippen LogP) is 5.22. The van der Waals surface area contributed by atoms with Crippen LogP contribution in [0.25, 0.3) is 22.2 Å². The van der Waals surface area contributed by atoms with Gasteiger partial charge < -0.3 is 18.6 Å². The van der Waals surface area contributed by atoms with E-state index >= 15 is 0 Å². The number of hydrogen-bond donors (Lipinski definition) is 1. The number of fused-ring (bicyclic) bond motifs is 1. The summed E-state index contributed by atoms with van der Waals surface area (Å²) >= 11 is 1.31. The number of methoxy groups -OCH3 is 2. The fraction of sp³-hybridized carbons (Fsp3) is 0.182. The number of aromatic nitrogens is 1. The van der Waals surface area contributed by atoms with Gasteiger partial charge in [-0.2, -0.15) is 0 Å². The van der Waals surface area contributed by atoms with Crippen LogP contribution in [0.1, 0.15) is 17.5 Å². The number of nitrogens with zero attached hydrogens (tertiary/aromatic N) is 1. The minimum atomic E-state index is -0.382. The van der Waals surface area contributed by atoms with Crippen molar-refractivity contribution in [3.63, 3.8) is 0 Å². The van der Waals surface area contributed by atoms with Crippen LogP contribution in [0.4, 0.5) is 5.13 Å². The van der Waals surface area contributed by atoms with E-state index in [0.717, 1.165) is 10.9 Å². The smallest absolute Gasteiger partial charge is 0.293 e. The number of anilines is 1. The highest BCUT2D eigenvalue weighted by Crippen LogP contribution is 2.35. The van der Waals surface area contributed by atoms with Crippen molar-refractivity contribution in [1.82, 2.24) is 4.98 Å². The molecule has 1 amide bonds. The quantitative estimate of drug-likeness (QED) is 0.438. The van der Waals surface area contributed by atoms with Crippen LogP contribution >= 0.6 is 11.3 Å². The molecule has 0 unspecified atom stereocenters. The topological polar surface area (TPSA) is 82.8 Å². The molecule has 2 aromatic carbocycles. The van der Waals surface area contributed by atoms with Crippen molar-refractivity contribution in [3.8, 4) is 28.5 Å². The summed E-state index contributed by atoms with van der Waals surface area (Å²) in [5.41, 5.74) is 2.00. The molecule has 8 heteroatoms. The van der Waals surface area contributed by atoms with Gasteiger partial charge in [-0.3, -0.25) is 10.1 Å². The second-order valence-corrected chi connectivity index (χ2v) is 7.13. The Morgan fingerprint density at radius 2 is 2.00 bits per heavy atom. The molecule has 0 fully saturated rings. The summed E-state index contributed by atoms with van der Waals surface area (Å²) in [6, 6.07) is 12.7. The van der Waals surface area contributed by atoms with Crippen LogP contribution in [0, 0.1) is 0 Å². The van der Waals surface area contributed by atoms with Crippen molar-refractivity contribution >= 4 is 33.3 Å². The number of carbonyl (C=O) groups is 1. The van der Waals surface area contributed by atoms with Crippen LogP contribution in [-0.2, 0) is 0 Å². The number of carbonyl (C=O) groups excluding carboxylic acids is 1. The number of thiazole rings is 1. The first-order valence-corrected chi connectivity index (χ1v) is 10.2. The van der Waals surface area contributed by atoms with Gasteiger partial charge in [-0.05, 0) is 37.3 Å². The lowest BCUT2D eigenvalue weighted by atomic mass is 10.1. The normalized spacial score (nSPS) is 10.8. The third-order valence-electron chi connectivity index (χ3n) is 4.44. The predicted molar refractivity (Wildman–Crippen MR) is 116 cm³/mol. The molecule has 0 saturated heterocycles. The summed E-state index contributed by atoms with van der Waals surface area (Å²) < 4.78 is 22.0. The van der Waals surface area contributed by atoms with Gasteiger partial charge in [0.2, 0.25) is 0 Å². The third kappa shape index (κ3) is 3.81. The first-order chi connectivity index (χ1) is 14.6. The zero-order valence-corrected chi connectivity index (χ0v) is 17.5. The highest BCUT2D eigenvalue weighted by Gasteiger charge is 2.18. The van der Waals surface area contributed by atoms with Gasteiger partial charge in [-0.15, -0.1) is 11.3 Å². The van der Waals surface area contributed by atoms with Crippen molar-refractivity contribution in [2.45, 2.75) is 6.92 Å². The Bertz CT molecular complexity index is 1200. The number of benzene rings is 2. The summed E-state index contributed by atoms with van der Waals surface area (Å²) in [4.78, 5) is 17.2. The SMILES string of the molecule is CCOc1cccc2cc(C(=O)Nc3nc(-c4cc(OC)ccc4OC)cs3)oc12. The Morgan fingerprint density at radius 3 is 2.77 bits per heavy atom. The Labute approximate surface area is 177 Å². The van der Waals surface area contributed by atoms with Crippen LogP contribution in [0.2, 0.25) is 0 Å². The van der Waals surface area contributed by atoms with Crippen molar-refractivity contribution in [1.29, 1.82) is 0 Å². The summed E-state index contributed by atoms with van der Waals surface area (Å²) in [6.07, 6.45) is 0. The lowest BCUT2D eigenvalue weighted by Crippen LogP contribution is -2.10. The highest BCUT2D eigenvalue weighted by molar-refractivity contribution is 7.14. The van der Waals surface area contributed by atoms with E-state index < -0.39 is 0 Å². The Balaban J connectivity index is 1.58. The molecule has 0 atom stereocenters. The molecule has 0 bridgehead atoms. The number of ether oxygens (including phenoxy) is 3. The van der Waals surface area contributed by atoms with E-state index in [2.05, 4.69) is 10.3 Å². The largest absolute Gasteiger partial charge is 0.497 e. The lowest BCUT2D eigenvalue weighted by Gasteiger charge is -2.08. The molecular weight excluding hydrogens is 404 g/mol. The van der Waals surface area contributed by atoms with Crippen LogP contribution in [0.15, 0.2) is 52.3 Å². The van der Waals surface area contributed by atoms with E-state index in [-0.39, 0.29) is 11.7 Å². The van der Waals surface area contributed by atoms with Crippen LogP contribution in [0.5, 0.6) is 17.2 Å². The fourth-order valence-electron chi connectivity index (χ4n) is 3.05. The average Bonchev–Trinajstić information content (AvgIpc) is 3.41. The van der Waals surface area contributed by atoms with Gasteiger partial charge in [-0.1, -0.05) is 12.1 Å². The van der Waals surface area contributed by atoms with E-state index in [1.165, 1.54) is 11.3 Å². The summed E-state index contributed by atoms with van der Waals surface area (Å²) in [6.45, 7) is 2.41. The number of para-hydroxylation sites is 1. The highest BCUT2D eigenvalue weighted by atomic mass is 32.1. The molecule has 2 aromatic heterocycles. The molecule has 0 aliphatic heterocycles. The number of rotatable bonds is 7. The summed E-state index contributed by atoms with van der Waals surface area (Å²) in [5, 5.41) is 5.88. The first kappa shape index (κ1) is 19.8. The molecule has 0 radical (unpaired) electrons. The molecule has 154 valence electrons. The van der Waals surface area contributed by atoms with Crippen molar-refractivity contribution < 1.29 is 23.4 Å². The monoisotopic (exact) mass is 424 g/mol. The summed E-state index contributed by atoms with van der Waals surface area (Å²) in [7, 11) is 3.20. The van der Waals surface area contributed by atoms with Gasteiger partial charge >= 0.3 is 0 Å². The van der Waals surface area contributed by atoms with Gasteiger partial charge in [-0.25, -0.2) is 4.98 Å². The van der Waals surface area contributed by atoms with Crippen LogP contribution in [0.3, 0.4) is 0 Å². The van der Waals surface area contributed by atoms with Gasteiger partial charge in [0.15, 0.2) is 22.2 Å². The van der Waals surface area contributed by atoms with E-state index in [0.29, 0.717) is 40.3 Å². The minimum absolute atomic E-state index is 0.188. The van der Waals surface area contributed by atoms with E-state index in [4.69, 9.17) is 18.6 Å². The van der Waals surface area contributed by atoms with E-state index in [9.17, 15) is 4.79 Å². The fourth-order valence-corrected chi connectivity index (χ4v) is 3.75. The lowest BCUT2D eigenvalue weighted by molar-refractivity contribution is 0.0998. The molecular formula is C22H20N2O5S. The van der Waals surface area contributed by atoms with Crippen molar-refractivity contribution in [2.24, 2.45) is 0 Å². The molecule has 4 rings (SSSR count). The molecule has 0 aliphatic carbocycles. The number of nitrogens with one attached hydrogen (secondary N) is 1. The second kappa shape index (κ2) is 8.46. The number of furan rings is 1. The minimum Gasteiger partial charge on any atom is -0.497 e.